The van der Waals surface area contributed by atoms with Crippen molar-refractivity contribution in [1.82, 2.24) is 35.1 Å². The lowest BCUT2D eigenvalue weighted by Crippen LogP contribution is -2.31. The van der Waals surface area contributed by atoms with Crippen LogP contribution in [0.15, 0.2) is 30.6 Å². The van der Waals surface area contributed by atoms with Crippen molar-refractivity contribution < 1.29 is 13.2 Å². The number of aromatic nitrogens is 6. The Morgan fingerprint density at radius 1 is 1.17 bits per heavy atom. The van der Waals surface area contributed by atoms with Crippen LogP contribution in [-0.4, -0.2) is 48.9 Å². The topological polar surface area (TPSA) is 95.8 Å². The summed E-state index contributed by atoms with van der Waals surface area (Å²) in [4.78, 5) is 8.19. The molecular formula is C19H19F3N8. The lowest BCUT2D eigenvalue weighted by Gasteiger charge is -2.18. The van der Waals surface area contributed by atoms with Crippen LogP contribution in [0.25, 0.3) is 27.9 Å². The number of halogens is 3. The molecule has 0 radical (unpaired) electrons. The monoisotopic (exact) mass is 416 g/mol. The summed E-state index contributed by atoms with van der Waals surface area (Å²) >= 11 is 0. The largest absolute Gasteiger partial charge is 0.420 e. The molecule has 0 aliphatic carbocycles. The number of rotatable bonds is 3. The number of nitrogens with one attached hydrogen (secondary N) is 3. The minimum Gasteiger partial charge on any atom is -0.350 e. The van der Waals surface area contributed by atoms with Gasteiger partial charge in [0.05, 0.1) is 10.9 Å². The lowest BCUT2D eigenvalue weighted by atomic mass is 10.1. The van der Waals surface area contributed by atoms with E-state index in [9.17, 15) is 13.2 Å². The maximum atomic E-state index is 13.8. The van der Waals surface area contributed by atoms with Crippen molar-refractivity contribution in [2.45, 2.75) is 31.5 Å². The van der Waals surface area contributed by atoms with Gasteiger partial charge in [-0.2, -0.15) is 18.3 Å². The minimum absolute atomic E-state index is 0.0493. The summed E-state index contributed by atoms with van der Waals surface area (Å²) in [6.07, 6.45) is 0.919. The van der Waals surface area contributed by atoms with E-state index in [1.807, 2.05) is 0 Å². The predicted molar refractivity (Wildman–Crippen MR) is 105 cm³/mol. The minimum atomic E-state index is -4.62. The van der Waals surface area contributed by atoms with E-state index in [4.69, 9.17) is 0 Å². The van der Waals surface area contributed by atoms with Crippen LogP contribution in [0.3, 0.4) is 0 Å². The first-order chi connectivity index (χ1) is 14.5. The van der Waals surface area contributed by atoms with E-state index in [0.717, 1.165) is 32.0 Å². The molecule has 0 saturated carbocycles. The molecule has 1 fully saturated rings. The maximum Gasteiger partial charge on any atom is 0.420 e. The van der Waals surface area contributed by atoms with Gasteiger partial charge in [-0.25, -0.2) is 14.5 Å². The zero-order valence-electron chi connectivity index (χ0n) is 15.9. The third-order valence-electron chi connectivity index (χ3n) is 5.25. The van der Waals surface area contributed by atoms with E-state index >= 15 is 0 Å². The van der Waals surface area contributed by atoms with Gasteiger partial charge in [0.15, 0.2) is 5.65 Å². The molecule has 1 atom stereocenters. The van der Waals surface area contributed by atoms with Gasteiger partial charge in [-0.1, -0.05) is 12.5 Å². The highest BCUT2D eigenvalue weighted by Gasteiger charge is 2.37. The molecule has 5 heterocycles. The number of fused-ring (bicyclic) bond motifs is 3. The molecule has 0 spiro atoms. The van der Waals surface area contributed by atoms with Gasteiger partial charge < -0.3 is 10.6 Å². The van der Waals surface area contributed by atoms with Crippen LogP contribution in [0.2, 0.25) is 0 Å². The number of alkyl halides is 3. The Hall–Kier alpha value is -3.21. The Kier molecular flexibility index (Phi) is 4.54. The highest BCUT2D eigenvalue weighted by molar-refractivity contribution is 6.02. The van der Waals surface area contributed by atoms with Gasteiger partial charge in [-0.3, -0.25) is 5.10 Å². The number of hydrogen-bond donors (Lipinski definition) is 3. The van der Waals surface area contributed by atoms with Crippen LogP contribution in [0.5, 0.6) is 0 Å². The first-order valence-corrected chi connectivity index (χ1v) is 9.74. The summed E-state index contributed by atoms with van der Waals surface area (Å²) in [6, 6.07) is 5.41. The maximum absolute atomic E-state index is 13.8. The number of aromatic amines is 1. The van der Waals surface area contributed by atoms with Crippen LogP contribution in [0.4, 0.5) is 19.1 Å². The first kappa shape index (κ1) is 18.8. The summed E-state index contributed by atoms with van der Waals surface area (Å²) < 4.78 is 42.9. The molecule has 8 nitrogen and oxygen atoms in total. The van der Waals surface area contributed by atoms with Crippen LogP contribution in [-0.2, 0) is 6.18 Å². The lowest BCUT2D eigenvalue weighted by molar-refractivity contribution is -0.137. The van der Waals surface area contributed by atoms with E-state index < -0.39 is 11.7 Å². The quantitative estimate of drug-likeness (QED) is 0.475. The second kappa shape index (κ2) is 7.24. The summed E-state index contributed by atoms with van der Waals surface area (Å²) in [6.45, 7) is 1.64. The fourth-order valence-corrected chi connectivity index (χ4v) is 3.81. The molecule has 30 heavy (non-hydrogen) atoms. The third-order valence-corrected chi connectivity index (χ3v) is 5.25. The molecule has 5 rings (SSSR count). The molecular weight excluding hydrogens is 397 g/mol. The predicted octanol–water partition coefficient (Wildman–Crippen LogP) is 3.24. The van der Waals surface area contributed by atoms with Gasteiger partial charge in [0, 0.05) is 25.0 Å². The number of anilines is 1. The number of pyridine rings is 1. The number of hydrogen-bond acceptors (Lipinski definition) is 6. The van der Waals surface area contributed by atoms with Gasteiger partial charge in [-0.05, 0) is 31.5 Å². The number of H-pyrrole nitrogens is 1. The molecule has 0 aromatic carbocycles. The van der Waals surface area contributed by atoms with Crippen LogP contribution >= 0.6 is 0 Å². The zero-order chi connectivity index (χ0) is 20.7. The zero-order valence-corrected chi connectivity index (χ0v) is 15.9. The SMILES string of the molecule is FC(F)(F)c1cnc(N[C@H]2CCCCNC2)nc1-c1n[nH]c2nn3ccccc3c12. The van der Waals surface area contributed by atoms with E-state index in [1.54, 1.807) is 28.9 Å². The first-order valence-electron chi connectivity index (χ1n) is 9.74. The molecule has 1 aliphatic heterocycles. The van der Waals surface area contributed by atoms with Crippen molar-refractivity contribution in [3.8, 4) is 11.4 Å². The van der Waals surface area contributed by atoms with Crippen molar-refractivity contribution in [2.75, 3.05) is 18.4 Å². The third kappa shape index (κ3) is 3.34. The van der Waals surface area contributed by atoms with Crippen molar-refractivity contribution >= 4 is 22.5 Å². The normalized spacial score (nSPS) is 18.0. The average molecular weight is 416 g/mol. The fourth-order valence-electron chi connectivity index (χ4n) is 3.81. The van der Waals surface area contributed by atoms with E-state index in [2.05, 4.69) is 35.9 Å². The van der Waals surface area contributed by atoms with E-state index in [1.165, 1.54) is 0 Å². The average Bonchev–Trinajstić information content (AvgIpc) is 3.18. The highest BCUT2D eigenvalue weighted by atomic mass is 19.4. The Balaban J connectivity index is 1.63. The summed E-state index contributed by atoms with van der Waals surface area (Å²) in [7, 11) is 0. The van der Waals surface area contributed by atoms with Crippen LogP contribution < -0.4 is 10.6 Å². The second-order valence-electron chi connectivity index (χ2n) is 7.32. The highest BCUT2D eigenvalue weighted by Crippen LogP contribution is 2.38. The Morgan fingerprint density at radius 3 is 2.93 bits per heavy atom. The van der Waals surface area contributed by atoms with Crippen molar-refractivity contribution in [3.63, 3.8) is 0 Å². The van der Waals surface area contributed by atoms with Gasteiger partial charge in [-0.15, -0.1) is 5.10 Å². The molecule has 4 aromatic heterocycles. The smallest absolute Gasteiger partial charge is 0.350 e. The van der Waals surface area contributed by atoms with Crippen molar-refractivity contribution in [1.29, 1.82) is 0 Å². The molecule has 156 valence electrons. The van der Waals surface area contributed by atoms with Crippen molar-refractivity contribution in [3.05, 3.63) is 36.2 Å². The van der Waals surface area contributed by atoms with Crippen LogP contribution in [0, 0.1) is 0 Å². The van der Waals surface area contributed by atoms with Gasteiger partial charge in [0.2, 0.25) is 5.95 Å². The van der Waals surface area contributed by atoms with Gasteiger partial charge in [0.1, 0.15) is 17.0 Å². The molecule has 1 aliphatic rings. The second-order valence-corrected chi connectivity index (χ2v) is 7.32. The van der Waals surface area contributed by atoms with Gasteiger partial charge in [0.25, 0.3) is 0 Å². The standard InChI is InChI=1S/C19H19F3N8/c20-19(21,22)12-10-24-18(25-11-5-1-3-7-23-9-11)26-15(12)16-14-13-6-2-4-8-30(13)29-17(14)28-27-16/h2,4,6,8,10-11,23H,1,3,5,7,9H2,(H,28,29)(H,24,25,26)/t11-/m0/s1. The summed E-state index contributed by atoms with van der Waals surface area (Å²) in [5.41, 5.74) is -0.0684. The molecule has 4 aromatic rings. The van der Waals surface area contributed by atoms with Crippen molar-refractivity contribution in [2.24, 2.45) is 0 Å². The molecule has 1 saturated heterocycles. The van der Waals surface area contributed by atoms with E-state index in [-0.39, 0.29) is 23.4 Å². The molecule has 3 N–H and O–H groups in total. The Labute approximate surface area is 168 Å². The molecule has 0 bridgehead atoms. The van der Waals surface area contributed by atoms with Crippen LogP contribution in [0.1, 0.15) is 24.8 Å². The fraction of sp³-hybridized carbons (Fsp3) is 0.368. The van der Waals surface area contributed by atoms with Gasteiger partial charge >= 0.3 is 6.18 Å². The molecule has 0 unspecified atom stereocenters. The number of nitrogens with zero attached hydrogens (tertiary/aromatic N) is 5. The molecule has 11 heteroatoms. The summed E-state index contributed by atoms with van der Waals surface area (Å²) in [5.74, 6) is 0.152. The molecule has 0 amide bonds. The van der Waals surface area contributed by atoms with E-state index in [0.29, 0.717) is 23.1 Å². The Bertz CT molecular complexity index is 1190. The summed E-state index contributed by atoms with van der Waals surface area (Å²) in [5, 5.41) is 18.1. The Morgan fingerprint density at radius 2 is 2.07 bits per heavy atom.